The van der Waals surface area contributed by atoms with Crippen LogP contribution in [0.25, 0.3) is 22.0 Å². The fourth-order valence-electron chi connectivity index (χ4n) is 5.59. The van der Waals surface area contributed by atoms with Crippen LogP contribution < -0.4 is 4.74 Å². The zero-order valence-corrected chi connectivity index (χ0v) is 23.9. The van der Waals surface area contributed by atoms with Crippen molar-refractivity contribution in [1.82, 2.24) is 14.7 Å². The lowest BCUT2D eigenvalue weighted by Gasteiger charge is -2.32. The van der Waals surface area contributed by atoms with Gasteiger partial charge in [-0.2, -0.15) is 5.10 Å². The van der Waals surface area contributed by atoms with Gasteiger partial charge in [0.25, 0.3) is 5.91 Å². The molecule has 0 saturated carbocycles. The molecule has 8 heteroatoms. The molecule has 0 atom stereocenters. The predicted molar refractivity (Wildman–Crippen MR) is 157 cm³/mol. The molecule has 2 heterocycles. The number of aryl methyl sites for hydroxylation is 1. The maximum Gasteiger partial charge on any atom is 0.256 e. The average Bonchev–Trinajstić information content (AvgIpc) is 3.41. The summed E-state index contributed by atoms with van der Waals surface area (Å²) in [5.74, 6) is 0.422. The molecule has 1 aliphatic rings. The number of piperidine rings is 1. The normalized spacial score (nSPS) is 14.0. The van der Waals surface area contributed by atoms with E-state index in [0.29, 0.717) is 44.0 Å². The van der Waals surface area contributed by atoms with Crippen LogP contribution in [0.2, 0.25) is 0 Å². The fourth-order valence-corrected chi connectivity index (χ4v) is 5.59. The molecule has 1 fully saturated rings. The molecule has 0 spiro atoms. The largest absolute Gasteiger partial charge is 0.497 e. The van der Waals surface area contributed by atoms with E-state index >= 15 is 4.39 Å². The lowest BCUT2D eigenvalue weighted by molar-refractivity contribution is 0.0676. The second kappa shape index (κ2) is 12.6. The Hall–Kier alpha value is -4.04. The Labute approximate surface area is 239 Å². The minimum absolute atomic E-state index is 0.0992. The molecule has 5 rings (SSSR count). The zero-order valence-electron chi connectivity index (χ0n) is 23.9. The summed E-state index contributed by atoms with van der Waals surface area (Å²) in [4.78, 5) is 27.6. The van der Waals surface area contributed by atoms with Crippen LogP contribution in [-0.4, -0.2) is 60.3 Å². The SMILES string of the molecule is COCCCC(=O)c1ccc2nn(CC3CCN(C(=O)c4ccc(-c5ccc(OC)cc5)cc4F)CC3)cc2c1C. The maximum atomic E-state index is 15.0. The Bertz CT molecular complexity index is 1540. The van der Waals surface area contributed by atoms with Gasteiger partial charge in [-0.15, -0.1) is 0 Å². The molecular formula is C33H36FN3O4. The predicted octanol–water partition coefficient (Wildman–Crippen LogP) is 6.32. The Morgan fingerprint density at radius 1 is 0.976 bits per heavy atom. The van der Waals surface area contributed by atoms with Gasteiger partial charge in [0, 0.05) is 56.9 Å². The van der Waals surface area contributed by atoms with Gasteiger partial charge in [-0.3, -0.25) is 14.3 Å². The van der Waals surface area contributed by atoms with E-state index in [-0.39, 0.29) is 17.3 Å². The molecule has 0 bridgehead atoms. The Morgan fingerprint density at radius 3 is 2.37 bits per heavy atom. The van der Waals surface area contributed by atoms with E-state index in [0.717, 1.165) is 52.7 Å². The van der Waals surface area contributed by atoms with Gasteiger partial charge in [-0.05, 0) is 85.2 Å². The molecule has 1 amide bonds. The summed E-state index contributed by atoms with van der Waals surface area (Å²) in [7, 11) is 3.24. The van der Waals surface area contributed by atoms with Gasteiger partial charge >= 0.3 is 0 Å². The number of benzene rings is 3. The van der Waals surface area contributed by atoms with Crippen molar-refractivity contribution in [1.29, 1.82) is 0 Å². The number of carbonyl (C=O) groups excluding carboxylic acids is 2. The van der Waals surface area contributed by atoms with Crippen molar-refractivity contribution in [3.63, 3.8) is 0 Å². The maximum absolute atomic E-state index is 15.0. The number of ketones is 1. The summed E-state index contributed by atoms with van der Waals surface area (Å²) < 4.78 is 27.2. The summed E-state index contributed by atoms with van der Waals surface area (Å²) >= 11 is 0. The first-order valence-corrected chi connectivity index (χ1v) is 14.1. The van der Waals surface area contributed by atoms with Crippen molar-refractivity contribution in [2.24, 2.45) is 5.92 Å². The smallest absolute Gasteiger partial charge is 0.256 e. The summed E-state index contributed by atoms with van der Waals surface area (Å²) in [6.07, 6.45) is 4.82. The number of likely N-dealkylation sites (tertiary alicyclic amines) is 1. The lowest BCUT2D eigenvalue weighted by atomic mass is 9.96. The number of ether oxygens (including phenoxy) is 2. The number of fused-ring (bicyclic) bond motifs is 1. The number of methoxy groups -OCH3 is 2. The van der Waals surface area contributed by atoms with Crippen molar-refractivity contribution in [2.45, 2.75) is 39.2 Å². The molecule has 7 nitrogen and oxygen atoms in total. The van der Waals surface area contributed by atoms with Gasteiger partial charge in [0.1, 0.15) is 11.6 Å². The highest BCUT2D eigenvalue weighted by molar-refractivity contribution is 6.01. The van der Waals surface area contributed by atoms with E-state index < -0.39 is 5.82 Å². The number of aromatic nitrogens is 2. The molecule has 1 saturated heterocycles. The Balaban J connectivity index is 1.19. The number of rotatable bonds is 10. The van der Waals surface area contributed by atoms with Crippen molar-refractivity contribution in [2.75, 3.05) is 33.9 Å². The van der Waals surface area contributed by atoms with E-state index in [4.69, 9.17) is 14.6 Å². The molecule has 1 aromatic heterocycles. The lowest BCUT2D eigenvalue weighted by Crippen LogP contribution is -2.39. The van der Waals surface area contributed by atoms with Gasteiger partial charge in [-0.25, -0.2) is 4.39 Å². The monoisotopic (exact) mass is 557 g/mol. The van der Waals surface area contributed by atoms with E-state index in [1.807, 2.05) is 54.2 Å². The molecule has 0 N–H and O–H groups in total. The van der Waals surface area contributed by atoms with Gasteiger partial charge in [-0.1, -0.05) is 18.2 Å². The summed E-state index contributed by atoms with van der Waals surface area (Å²) in [6.45, 7) is 4.43. The molecule has 41 heavy (non-hydrogen) atoms. The first-order chi connectivity index (χ1) is 19.9. The van der Waals surface area contributed by atoms with Crippen LogP contribution in [0.3, 0.4) is 0 Å². The molecule has 0 unspecified atom stereocenters. The number of Topliss-reactive ketones (excluding diaryl/α,β-unsaturated/α-hetero) is 1. The zero-order chi connectivity index (χ0) is 28.9. The molecule has 0 aliphatic carbocycles. The number of amides is 1. The standard InChI is InChI=1S/C33H36FN3O4/c1-22-27(32(38)5-4-18-40-2)12-13-31-29(22)21-37(35-31)20-23-14-16-36(17-15-23)33(39)28-11-8-25(19-30(28)34)24-6-9-26(41-3)10-7-24/h6-13,19,21,23H,4-5,14-18,20H2,1-3H3. The summed E-state index contributed by atoms with van der Waals surface area (Å²) in [5.41, 5.74) is 4.24. The van der Waals surface area contributed by atoms with Crippen LogP contribution in [-0.2, 0) is 11.3 Å². The Morgan fingerprint density at radius 2 is 1.68 bits per heavy atom. The highest BCUT2D eigenvalue weighted by atomic mass is 19.1. The van der Waals surface area contributed by atoms with Crippen LogP contribution in [0, 0.1) is 18.7 Å². The Kier molecular flexibility index (Phi) is 8.78. The summed E-state index contributed by atoms with van der Waals surface area (Å²) in [6, 6.07) is 16.0. The summed E-state index contributed by atoms with van der Waals surface area (Å²) in [5, 5.41) is 5.74. The molecule has 1 aliphatic heterocycles. The minimum atomic E-state index is -0.513. The minimum Gasteiger partial charge on any atom is -0.497 e. The molecule has 0 radical (unpaired) electrons. The van der Waals surface area contributed by atoms with E-state index in [2.05, 4.69) is 0 Å². The highest BCUT2D eigenvalue weighted by Crippen LogP contribution is 2.28. The van der Waals surface area contributed by atoms with Crippen LogP contribution in [0.15, 0.2) is 60.8 Å². The highest BCUT2D eigenvalue weighted by Gasteiger charge is 2.26. The van der Waals surface area contributed by atoms with Gasteiger partial charge in [0.05, 0.1) is 18.2 Å². The first kappa shape index (κ1) is 28.5. The first-order valence-electron chi connectivity index (χ1n) is 14.1. The molecular weight excluding hydrogens is 521 g/mol. The van der Waals surface area contributed by atoms with Crippen molar-refractivity contribution < 1.29 is 23.5 Å². The van der Waals surface area contributed by atoms with Crippen LogP contribution in [0.4, 0.5) is 4.39 Å². The van der Waals surface area contributed by atoms with Crippen LogP contribution >= 0.6 is 0 Å². The number of hydrogen-bond donors (Lipinski definition) is 0. The third-order valence-corrected chi connectivity index (χ3v) is 8.03. The van der Waals surface area contributed by atoms with E-state index in [1.165, 1.54) is 6.07 Å². The van der Waals surface area contributed by atoms with Crippen molar-refractivity contribution in [3.05, 3.63) is 83.3 Å². The number of carbonyl (C=O) groups is 2. The number of halogens is 1. The molecule has 4 aromatic rings. The second-order valence-electron chi connectivity index (χ2n) is 10.7. The molecule has 3 aromatic carbocycles. The quantitative estimate of drug-likeness (QED) is 0.169. The number of hydrogen-bond acceptors (Lipinski definition) is 5. The fraction of sp³-hybridized carbons (Fsp3) is 0.364. The van der Waals surface area contributed by atoms with Gasteiger partial charge in [0.15, 0.2) is 5.78 Å². The van der Waals surface area contributed by atoms with Gasteiger partial charge < -0.3 is 14.4 Å². The van der Waals surface area contributed by atoms with Gasteiger partial charge in [0.2, 0.25) is 0 Å². The van der Waals surface area contributed by atoms with E-state index in [9.17, 15) is 9.59 Å². The third-order valence-electron chi connectivity index (χ3n) is 8.03. The third kappa shape index (κ3) is 6.33. The topological polar surface area (TPSA) is 73.7 Å². The second-order valence-corrected chi connectivity index (χ2v) is 10.7. The van der Waals surface area contributed by atoms with Crippen molar-refractivity contribution >= 4 is 22.6 Å². The van der Waals surface area contributed by atoms with E-state index in [1.54, 1.807) is 31.3 Å². The number of nitrogens with zero attached hydrogens (tertiary/aromatic N) is 3. The average molecular weight is 558 g/mol. The van der Waals surface area contributed by atoms with Crippen molar-refractivity contribution in [3.8, 4) is 16.9 Å². The van der Waals surface area contributed by atoms with Crippen LogP contribution in [0.5, 0.6) is 5.75 Å². The van der Waals surface area contributed by atoms with Crippen LogP contribution in [0.1, 0.15) is 52.0 Å². The molecule has 214 valence electrons.